The minimum absolute atomic E-state index is 0.159. The third-order valence-electron chi connectivity index (χ3n) is 6.48. The Hall–Kier alpha value is -3.36. The standard InChI is InChI=1S/C25H27F3N4O2/c1-6-16-11-17-22(30-31(4)23(17)14-9-18(26)21(28)19(27)10-14)20(7-2)32(16)25(33)15-8-13(3)24(34-5)29-12-15/h8-10,12,16,20H,6-7,11H2,1-5H3. The van der Waals surface area contributed by atoms with Gasteiger partial charge in [0.1, 0.15) is 0 Å². The topological polar surface area (TPSA) is 60.2 Å². The van der Waals surface area contributed by atoms with E-state index in [-0.39, 0.29) is 23.6 Å². The van der Waals surface area contributed by atoms with E-state index in [9.17, 15) is 18.0 Å². The molecule has 0 fully saturated rings. The zero-order valence-electron chi connectivity index (χ0n) is 19.8. The summed E-state index contributed by atoms with van der Waals surface area (Å²) in [5, 5.41) is 4.65. The Bertz CT molecular complexity index is 1230. The fourth-order valence-electron chi connectivity index (χ4n) is 4.91. The number of ether oxygens (including phenoxy) is 1. The normalized spacial score (nSPS) is 17.6. The maximum absolute atomic E-state index is 14.0. The largest absolute Gasteiger partial charge is 0.481 e. The lowest BCUT2D eigenvalue weighted by atomic mass is 9.87. The van der Waals surface area contributed by atoms with Crippen molar-refractivity contribution in [2.24, 2.45) is 7.05 Å². The maximum atomic E-state index is 14.0. The molecule has 0 N–H and O–H groups in total. The van der Waals surface area contributed by atoms with Crippen LogP contribution in [0.3, 0.4) is 0 Å². The van der Waals surface area contributed by atoms with Gasteiger partial charge in [-0.2, -0.15) is 5.10 Å². The summed E-state index contributed by atoms with van der Waals surface area (Å²) in [6.07, 6.45) is 3.24. The van der Waals surface area contributed by atoms with Gasteiger partial charge in [0.05, 0.1) is 30.1 Å². The van der Waals surface area contributed by atoms with Gasteiger partial charge in [-0.3, -0.25) is 9.48 Å². The van der Waals surface area contributed by atoms with Crippen molar-refractivity contribution in [2.75, 3.05) is 7.11 Å². The molecule has 0 saturated carbocycles. The van der Waals surface area contributed by atoms with Crippen LogP contribution < -0.4 is 4.74 Å². The number of carbonyl (C=O) groups is 1. The van der Waals surface area contributed by atoms with Crippen LogP contribution in [0, 0.1) is 24.4 Å². The lowest BCUT2D eigenvalue weighted by Crippen LogP contribution is -2.47. The van der Waals surface area contributed by atoms with Crippen LogP contribution in [0.25, 0.3) is 11.3 Å². The van der Waals surface area contributed by atoms with Crippen molar-refractivity contribution in [3.63, 3.8) is 0 Å². The first kappa shape index (κ1) is 23.8. The summed E-state index contributed by atoms with van der Waals surface area (Å²) in [5.41, 5.74) is 3.46. The molecule has 0 spiro atoms. The predicted octanol–water partition coefficient (Wildman–Crippen LogP) is 5.14. The van der Waals surface area contributed by atoms with E-state index in [0.717, 1.165) is 23.3 Å². The minimum Gasteiger partial charge on any atom is -0.481 e. The summed E-state index contributed by atoms with van der Waals surface area (Å²) in [7, 11) is 3.21. The first-order chi connectivity index (χ1) is 16.2. The molecule has 34 heavy (non-hydrogen) atoms. The zero-order valence-corrected chi connectivity index (χ0v) is 19.8. The molecule has 4 rings (SSSR count). The molecule has 0 aliphatic carbocycles. The monoisotopic (exact) mass is 472 g/mol. The summed E-state index contributed by atoms with van der Waals surface area (Å²) < 4.78 is 48.4. The van der Waals surface area contributed by atoms with E-state index in [1.165, 1.54) is 13.3 Å². The highest BCUT2D eigenvalue weighted by molar-refractivity contribution is 5.95. The minimum atomic E-state index is -1.50. The predicted molar refractivity (Wildman–Crippen MR) is 121 cm³/mol. The summed E-state index contributed by atoms with van der Waals surface area (Å²) in [6.45, 7) is 5.79. The number of fused-ring (bicyclic) bond motifs is 1. The summed E-state index contributed by atoms with van der Waals surface area (Å²) in [6, 6.07) is 3.24. The molecule has 1 aliphatic rings. The van der Waals surface area contributed by atoms with Crippen molar-refractivity contribution in [2.45, 2.75) is 52.1 Å². The van der Waals surface area contributed by atoms with E-state index in [1.807, 2.05) is 25.7 Å². The Morgan fingerprint density at radius 2 is 1.82 bits per heavy atom. The van der Waals surface area contributed by atoms with E-state index in [1.54, 1.807) is 17.8 Å². The van der Waals surface area contributed by atoms with Crippen LogP contribution in [-0.4, -0.2) is 38.7 Å². The molecule has 1 amide bonds. The van der Waals surface area contributed by atoms with Crippen LogP contribution in [-0.2, 0) is 13.5 Å². The number of rotatable bonds is 5. The van der Waals surface area contributed by atoms with E-state index >= 15 is 0 Å². The Morgan fingerprint density at radius 3 is 2.38 bits per heavy atom. The molecule has 1 aliphatic heterocycles. The fraction of sp³-hybridized carbons (Fsp3) is 0.400. The number of benzene rings is 1. The van der Waals surface area contributed by atoms with Crippen molar-refractivity contribution in [3.8, 4) is 17.1 Å². The average molecular weight is 473 g/mol. The van der Waals surface area contributed by atoms with Crippen LogP contribution in [0.2, 0.25) is 0 Å². The van der Waals surface area contributed by atoms with E-state index < -0.39 is 17.5 Å². The number of hydrogen-bond acceptors (Lipinski definition) is 4. The number of halogens is 3. The number of aromatic nitrogens is 3. The zero-order chi connectivity index (χ0) is 24.7. The van der Waals surface area contributed by atoms with Crippen molar-refractivity contribution < 1.29 is 22.7 Å². The molecular weight excluding hydrogens is 445 g/mol. The van der Waals surface area contributed by atoms with Crippen LogP contribution in [0.4, 0.5) is 13.2 Å². The van der Waals surface area contributed by atoms with Gasteiger partial charge in [0.25, 0.3) is 5.91 Å². The van der Waals surface area contributed by atoms with Crippen molar-refractivity contribution in [1.29, 1.82) is 0 Å². The van der Waals surface area contributed by atoms with Gasteiger partial charge in [-0.05, 0) is 44.4 Å². The highest BCUT2D eigenvalue weighted by atomic mass is 19.2. The van der Waals surface area contributed by atoms with Crippen molar-refractivity contribution >= 4 is 5.91 Å². The van der Waals surface area contributed by atoms with Gasteiger partial charge in [0.2, 0.25) is 5.88 Å². The molecule has 0 saturated heterocycles. The molecule has 6 nitrogen and oxygen atoms in total. The van der Waals surface area contributed by atoms with Gasteiger partial charge in [0.15, 0.2) is 17.5 Å². The van der Waals surface area contributed by atoms with Crippen molar-refractivity contribution in [3.05, 3.63) is 64.2 Å². The van der Waals surface area contributed by atoms with Gasteiger partial charge in [-0.1, -0.05) is 13.8 Å². The molecule has 2 atom stereocenters. The molecule has 2 unspecified atom stereocenters. The third-order valence-corrected chi connectivity index (χ3v) is 6.48. The molecule has 0 radical (unpaired) electrons. The Kier molecular flexibility index (Phi) is 6.38. The Morgan fingerprint density at radius 1 is 1.15 bits per heavy atom. The second-order valence-electron chi connectivity index (χ2n) is 8.54. The molecule has 2 aromatic heterocycles. The van der Waals surface area contributed by atoms with Gasteiger partial charge in [-0.25, -0.2) is 18.2 Å². The number of aryl methyl sites for hydroxylation is 2. The number of pyridine rings is 1. The second kappa shape index (κ2) is 9.12. The highest BCUT2D eigenvalue weighted by Crippen LogP contribution is 2.41. The molecule has 0 bridgehead atoms. The average Bonchev–Trinajstić information content (AvgIpc) is 3.15. The van der Waals surface area contributed by atoms with Crippen molar-refractivity contribution in [1.82, 2.24) is 19.7 Å². The number of nitrogens with zero attached hydrogens (tertiary/aromatic N) is 4. The van der Waals surface area contributed by atoms with Crippen LogP contribution in [0.15, 0.2) is 24.4 Å². The number of carbonyl (C=O) groups excluding carboxylic acids is 1. The van der Waals surface area contributed by atoms with E-state index in [2.05, 4.69) is 10.1 Å². The first-order valence-corrected chi connectivity index (χ1v) is 11.3. The lowest BCUT2D eigenvalue weighted by Gasteiger charge is -2.41. The summed E-state index contributed by atoms with van der Waals surface area (Å²) >= 11 is 0. The fourth-order valence-corrected chi connectivity index (χ4v) is 4.91. The Labute approximate surface area is 196 Å². The summed E-state index contributed by atoms with van der Waals surface area (Å²) in [4.78, 5) is 19.7. The van der Waals surface area contributed by atoms with Gasteiger partial charge >= 0.3 is 0 Å². The maximum Gasteiger partial charge on any atom is 0.256 e. The van der Waals surface area contributed by atoms with Crippen LogP contribution >= 0.6 is 0 Å². The molecular formula is C25H27F3N4O2. The van der Waals surface area contributed by atoms with E-state index in [0.29, 0.717) is 42.1 Å². The second-order valence-corrected chi connectivity index (χ2v) is 8.54. The van der Waals surface area contributed by atoms with Gasteiger partial charge in [0, 0.05) is 36.0 Å². The molecule has 3 aromatic rings. The quantitative estimate of drug-likeness (QED) is 0.482. The number of amides is 1. The summed E-state index contributed by atoms with van der Waals surface area (Å²) in [5.74, 6) is -3.70. The van der Waals surface area contributed by atoms with Gasteiger partial charge < -0.3 is 9.64 Å². The number of hydrogen-bond donors (Lipinski definition) is 0. The SMILES string of the molecule is CCC1Cc2c(nn(C)c2-c2cc(F)c(F)c(F)c2)C(CC)N1C(=O)c1cnc(OC)c(C)c1. The van der Waals surface area contributed by atoms with Crippen LogP contribution in [0.1, 0.15) is 59.9 Å². The number of methoxy groups -OCH3 is 1. The molecule has 9 heteroatoms. The molecule has 180 valence electrons. The van der Waals surface area contributed by atoms with Gasteiger partial charge in [-0.15, -0.1) is 0 Å². The lowest BCUT2D eigenvalue weighted by molar-refractivity contribution is 0.0512. The Balaban J connectivity index is 1.81. The molecule has 1 aromatic carbocycles. The van der Waals surface area contributed by atoms with E-state index in [4.69, 9.17) is 4.74 Å². The smallest absolute Gasteiger partial charge is 0.256 e. The first-order valence-electron chi connectivity index (χ1n) is 11.3. The highest BCUT2D eigenvalue weighted by Gasteiger charge is 2.40. The van der Waals surface area contributed by atoms with Crippen LogP contribution in [0.5, 0.6) is 5.88 Å². The molecule has 3 heterocycles. The third kappa shape index (κ3) is 3.82.